The lowest BCUT2D eigenvalue weighted by atomic mass is 10.1. The van der Waals surface area contributed by atoms with Crippen LogP contribution in [-0.4, -0.2) is 37.5 Å². The zero-order valence-corrected chi connectivity index (χ0v) is 16.7. The van der Waals surface area contributed by atoms with Crippen molar-refractivity contribution in [1.82, 2.24) is 5.32 Å². The second kappa shape index (κ2) is 9.56. The third-order valence-electron chi connectivity index (χ3n) is 4.44. The van der Waals surface area contributed by atoms with Crippen molar-refractivity contribution >= 4 is 34.2 Å². The van der Waals surface area contributed by atoms with E-state index in [9.17, 15) is 14.4 Å². The number of anilines is 1. The van der Waals surface area contributed by atoms with Crippen LogP contribution < -0.4 is 15.4 Å². The topological polar surface area (TPSA) is 93.7 Å². The molecule has 0 aliphatic rings. The number of nitrogens with one attached hydrogen (secondary N) is 2. The summed E-state index contributed by atoms with van der Waals surface area (Å²) in [5, 5.41) is 7.23. The summed E-state index contributed by atoms with van der Waals surface area (Å²) in [7, 11) is 1.53. The summed E-state index contributed by atoms with van der Waals surface area (Å²) in [5.74, 6) is -0.974. The zero-order valence-electron chi connectivity index (χ0n) is 16.7. The molecule has 0 spiro atoms. The van der Waals surface area contributed by atoms with Gasteiger partial charge in [-0.1, -0.05) is 30.3 Å². The molecular formula is C23H22N2O5. The Bertz CT molecular complexity index is 1060. The molecule has 0 aliphatic carbocycles. The lowest BCUT2D eigenvalue weighted by Crippen LogP contribution is -2.35. The number of esters is 1. The van der Waals surface area contributed by atoms with Gasteiger partial charge in [0.15, 0.2) is 6.10 Å². The second-order valence-corrected chi connectivity index (χ2v) is 6.59. The van der Waals surface area contributed by atoms with Crippen LogP contribution in [0.2, 0.25) is 0 Å². The van der Waals surface area contributed by atoms with E-state index in [1.165, 1.54) is 14.0 Å². The number of hydrogen-bond acceptors (Lipinski definition) is 5. The Kier molecular flexibility index (Phi) is 6.64. The summed E-state index contributed by atoms with van der Waals surface area (Å²) in [6.45, 7) is 1.12. The van der Waals surface area contributed by atoms with Gasteiger partial charge in [0.25, 0.3) is 11.8 Å². The molecule has 0 bridgehead atoms. The van der Waals surface area contributed by atoms with Gasteiger partial charge in [-0.2, -0.15) is 0 Å². The van der Waals surface area contributed by atoms with Gasteiger partial charge >= 0.3 is 5.97 Å². The molecule has 30 heavy (non-hydrogen) atoms. The molecule has 2 amide bonds. The highest BCUT2D eigenvalue weighted by Gasteiger charge is 2.18. The van der Waals surface area contributed by atoms with Gasteiger partial charge in [-0.05, 0) is 54.1 Å². The number of amides is 2. The van der Waals surface area contributed by atoms with Crippen molar-refractivity contribution < 1.29 is 23.9 Å². The first-order valence-corrected chi connectivity index (χ1v) is 9.37. The van der Waals surface area contributed by atoms with E-state index in [2.05, 4.69) is 10.6 Å². The number of hydrogen-bond donors (Lipinski definition) is 2. The quantitative estimate of drug-likeness (QED) is 0.588. The van der Waals surface area contributed by atoms with Gasteiger partial charge in [-0.3, -0.25) is 14.4 Å². The summed E-state index contributed by atoms with van der Waals surface area (Å²) in [5.41, 5.74) is 0.986. The number of carbonyl (C=O) groups is 3. The lowest BCUT2D eigenvalue weighted by Gasteiger charge is -2.14. The molecular weight excluding hydrogens is 384 g/mol. The fourth-order valence-corrected chi connectivity index (χ4v) is 2.80. The van der Waals surface area contributed by atoms with Crippen molar-refractivity contribution in [3.8, 4) is 5.75 Å². The normalized spacial score (nSPS) is 11.4. The van der Waals surface area contributed by atoms with Crippen molar-refractivity contribution in [3.05, 3.63) is 72.3 Å². The number of carbonyl (C=O) groups excluding carboxylic acids is 3. The summed E-state index contributed by atoms with van der Waals surface area (Å²) in [6, 6.07) is 19.8. The van der Waals surface area contributed by atoms with Gasteiger partial charge in [-0.25, -0.2) is 0 Å². The Balaban J connectivity index is 1.48. The molecule has 0 fully saturated rings. The zero-order chi connectivity index (χ0) is 21.5. The highest BCUT2D eigenvalue weighted by Crippen LogP contribution is 2.19. The number of benzene rings is 3. The van der Waals surface area contributed by atoms with E-state index in [1.54, 1.807) is 30.3 Å². The molecule has 3 aromatic rings. The summed E-state index contributed by atoms with van der Waals surface area (Å²) >= 11 is 0. The third-order valence-corrected chi connectivity index (χ3v) is 4.44. The molecule has 154 valence electrons. The average Bonchev–Trinajstić information content (AvgIpc) is 2.77. The molecule has 1 atom stereocenters. The molecule has 7 nitrogen and oxygen atoms in total. The van der Waals surface area contributed by atoms with Crippen LogP contribution in [0.4, 0.5) is 5.69 Å². The maximum Gasteiger partial charge on any atom is 0.326 e. The van der Waals surface area contributed by atoms with Crippen molar-refractivity contribution in [3.63, 3.8) is 0 Å². The van der Waals surface area contributed by atoms with Crippen LogP contribution in [-0.2, 0) is 14.3 Å². The summed E-state index contributed by atoms with van der Waals surface area (Å²) in [4.78, 5) is 36.4. The minimum atomic E-state index is -1.01. The molecule has 0 radical (unpaired) electrons. The fourth-order valence-electron chi connectivity index (χ4n) is 2.80. The molecule has 3 rings (SSSR count). The number of ether oxygens (including phenoxy) is 2. The molecule has 0 saturated carbocycles. The molecule has 0 heterocycles. The van der Waals surface area contributed by atoms with E-state index < -0.39 is 23.9 Å². The Morgan fingerprint density at radius 2 is 1.63 bits per heavy atom. The molecule has 1 unspecified atom stereocenters. The smallest absolute Gasteiger partial charge is 0.326 e. The Morgan fingerprint density at radius 1 is 0.933 bits per heavy atom. The SMILES string of the molecule is COc1ccc(C(=O)NCC(=O)OC(C)C(=O)Nc2ccc3ccccc3c2)cc1. The summed E-state index contributed by atoms with van der Waals surface area (Å²) < 4.78 is 10.1. The van der Waals surface area contributed by atoms with E-state index in [-0.39, 0.29) is 6.54 Å². The highest BCUT2D eigenvalue weighted by atomic mass is 16.5. The van der Waals surface area contributed by atoms with E-state index in [1.807, 2.05) is 36.4 Å². The molecule has 3 aromatic carbocycles. The van der Waals surface area contributed by atoms with Gasteiger partial charge in [0.1, 0.15) is 12.3 Å². The minimum absolute atomic E-state index is 0.349. The van der Waals surface area contributed by atoms with Crippen LogP contribution in [0.25, 0.3) is 10.8 Å². The van der Waals surface area contributed by atoms with E-state index in [0.29, 0.717) is 17.0 Å². The van der Waals surface area contributed by atoms with Crippen molar-refractivity contribution in [2.24, 2.45) is 0 Å². The van der Waals surface area contributed by atoms with E-state index in [4.69, 9.17) is 9.47 Å². The average molecular weight is 406 g/mol. The molecule has 0 saturated heterocycles. The van der Waals surface area contributed by atoms with Gasteiger partial charge in [0, 0.05) is 11.3 Å². The first-order chi connectivity index (χ1) is 14.5. The Labute approximate surface area is 174 Å². The van der Waals surface area contributed by atoms with Crippen LogP contribution in [0.5, 0.6) is 5.75 Å². The Hall–Kier alpha value is -3.87. The van der Waals surface area contributed by atoms with Gasteiger partial charge < -0.3 is 20.1 Å². The lowest BCUT2D eigenvalue weighted by molar-refractivity contribution is -0.152. The predicted octanol–water partition coefficient (Wildman–Crippen LogP) is 3.15. The van der Waals surface area contributed by atoms with Gasteiger partial charge in [0.05, 0.1) is 7.11 Å². The first-order valence-electron chi connectivity index (χ1n) is 9.37. The second-order valence-electron chi connectivity index (χ2n) is 6.59. The van der Waals surface area contributed by atoms with Crippen LogP contribution >= 0.6 is 0 Å². The van der Waals surface area contributed by atoms with Crippen LogP contribution in [0.3, 0.4) is 0 Å². The maximum atomic E-state index is 12.3. The van der Waals surface area contributed by atoms with E-state index in [0.717, 1.165) is 10.8 Å². The minimum Gasteiger partial charge on any atom is -0.497 e. The maximum absolute atomic E-state index is 12.3. The summed E-state index contributed by atoms with van der Waals surface area (Å²) in [6.07, 6.45) is -1.01. The van der Waals surface area contributed by atoms with Crippen molar-refractivity contribution in [2.75, 3.05) is 19.0 Å². The molecule has 2 N–H and O–H groups in total. The number of fused-ring (bicyclic) bond motifs is 1. The highest BCUT2D eigenvalue weighted by molar-refractivity contribution is 5.98. The van der Waals surface area contributed by atoms with E-state index >= 15 is 0 Å². The Morgan fingerprint density at radius 3 is 2.33 bits per heavy atom. The van der Waals surface area contributed by atoms with Crippen LogP contribution in [0.15, 0.2) is 66.7 Å². The molecule has 0 aromatic heterocycles. The largest absolute Gasteiger partial charge is 0.497 e. The van der Waals surface area contributed by atoms with Gasteiger partial charge in [-0.15, -0.1) is 0 Å². The fraction of sp³-hybridized carbons (Fsp3) is 0.174. The number of rotatable bonds is 7. The predicted molar refractivity (Wildman–Crippen MR) is 113 cm³/mol. The monoisotopic (exact) mass is 406 g/mol. The molecule has 0 aliphatic heterocycles. The van der Waals surface area contributed by atoms with Crippen LogP contribution in [0, 0.1) is 0 Å². The first kappa shape index (κ1) is 20.9. The molecule has 7 heteroatoms. The number of methoxy groups -OCH3 is 1. The van der Waals surface area contributed by atoms with Crippen molar-refractivity contribution in [1.29, 1.82) is 0 Å². The third kappa shape index (κ3) is 5.35. The van der Waals surface area contributed by atoms with Crippen LogP contribution in [0.1, 0.15) is 17.3 Å². The standard InChI is InChI=1S/C23H22N2O5/c1-15(22(27)25-19-10-7-16-5-3-4-6-18(16)13-19)30-21(26)14-24-23(28)17-8-11-20(29-2)12-9-17/h3-13,15H,14H2,1-2H3,(H,24,28)(H,25,27). The van der Waals surface area contributed by atoms with Crippen molar-refractivity contribution in [2.45, 2.75) is 13.0 Å². The van der Waals surface area contributed by atoms with Gasteiger partial charge in [0.2, 0.25) is 0 Å².